The lowest BCUT2D eigenvalue weighted by Crippen LogP contribution is -2.16. The first kappa shape index (κ1) is 21.5. The van der Waals surface area contributed by atoms with Crippen molar-refractivity contribution < 1.29 is 18.9 Å². The molecular weight excluding hydrogens is 426 g/mol. The highest BCUT2D eigenvalue weighted by molar-refractivity contribution is 5.92. The first-order chi connectivity index (χ1) is 16.1. The van der Waals surface area contributed by atoms with Crippen LogP contribution in [-0.4, -0.2) is 26.8 Å². The molecule has 4 aromatic rings. The van der Waals surface area contributed by atoms with Gasteiger partial charge in [0.15, 0.2) is 5.76 Å². The molecule has 0 saturated heterocycles. The number of hydrogen-bond acceptors (Lipinski definition) is 7. The van der Waals surface area contributed by atoms with E-state index in [1.807, 2.05) is 54.6 Å². The number of carbonyl (C=O) groups is 1. The molecule has 0 unspecified atom stereocenters. The lowest BCUT2D eigenvalue weighted by atomic mass is 10.2. The highest BCUT2D eigenvalue weighted by Crippen LogP contribution is 2.14. The van der Waals surface area contributed by atoms with Crippen molar-refractivity contribution in [2.45, 2.75) is 13.2 Å². The fourth-order valence-electron chi connectivity index (χ4n) is 2.89. The topological polar surface area (TPSA) is 125 Å². The van der Waals surface area contributed by atoms with E-state index in [0.717, 1.165) is 23.1 Å². The first-order valence-corrected chi connectivity index (χ1v) is 9.92. The predicted octanol–water partition coefficient (Wildman–Crippen LogP) is 3.78. The molecule has 0 aliphatic heterocycles. The minimum Gasteiger partial charge on any atom is -0.489 e. The summed E-state index contributed by atoms with van der Waals surface area (Å²) in [5, 5.41) is 18.5. The summed E-state index contributed by atoms with van der Waals surface area (Å²) in [5.74, 6) is 0.694. The molecule has 1 amide bonds. The average Bonchev–Trinajstić information content (AvgIpc) is 3.50. The third kappa shape index (κ3) is 5.91. The predicted molar refractivity (Wildman–Crippen MR) is 119 cm³/mol. The number of benzene rings is 2. The fraction of sp³-hybridized carbons (Fsp3) is 0.0870. The maximum Gasteiger partial charge on any atom is 0.307 e. The third-order valence-corrected chi connectivity index (χ3v) is 4.54. The second kappa shape index (κ2) is 10.1. The Kier molecular flexibility index (Phi) is 6.55. The molecule has 1 N–H and O–H groups in total. The van der Waals surface area contributed by atoms with Crippen molar-refractivity contribution in [2.24, 2.45) is 5.10 Å². The number of nitrogens with zero attached hydrogens (tertiary/aromatic N) is 4. The summed E-state index contributed by atoms with van der Waals surface area (Å²) >= 11 is 0. The largest absolute Gasteiger partial charge is 0.489 e. The summed E-state index contributed by atoms with van der Waals surface area (Å²) in [6.07, 6.45) is 3.93. The summed E-state index contributed by atoms with van der Waals surface area (Å²) in [6.45, 7) is 0.635. The Hall–Kier alpha value is -4.73. The maximum absolute atomic E-state index is 12.2. The van der Waals surface area contributed by atoms with Crippen LogP contribution in [0.4, 0.5) is 5.69 Å². The van der Waals surface area contributed by atoms with Crippen molar-refractivity contribution in [1.82, 2.24) is 15.2 Å². The van der Waals surface area contributed by atoms with Crippen molar-refractivity contribution in [2.75, 3.05) is 0 Å². The number of nitro groups is 1. The second-order valence-corrected chi connectivity index (χ2v) is 6.96. The van der Waals surface area contributed by atoms with E-state index in [1.54, 1.807) is 6.07 Å². The van der Waals surface area contributed by atoms with E-state index < -0.39 is 10.8 Å². The number of ether oxygens (including phenoxy) is 1. The molecule has 4 rings (SSSR count). The number of hydrogen-bond donors (Lipinski definition) is 1. The SMILES string of the molecule is O=C(N/N=C/c1ccc(OCc2ccccc2)cc1)c1ccc(Cn2cc([N+](=O)[O-])cn2)o1. The third-order valence-electron chi connectivity index (χ3n) is 4.54. The smallest absolute Gasteiger partial charge is 0.307 e. The summed E-state index contributed by atoms with van der Waals surface area (Å²) in [5.41, 5.74) is 4.14. The number of nitrogens with one attached hydrogen (secondary N) is 1. The Morgan fingerprint density at radius 3 is 2.67 bits per heavy atom. The minimum atomic E-state index is -0.534. The molecule has 0 aliphatic carbocycles. The lowest BCUT2D eigenvalue weighted by Gasteiger charge is -2.06. The molecular formula is C23H19N5O5. The van der Waals surface area contributed by atoms with E-state index in [-0.39, 0.29) is 18.0 Å². The van der Waals surface area contributed by atoms with Gasteiger partial charge >= 0.3 is 11.6 Å². The number of amides is 1. The molecule has 2 aromatic heterocycles. The highest BCUT2D eigenvalue weighted by atomic mass is 16.6. The minimum absolute atomic E-state index is 0.0634. The van der Waals surface area contributed by atoms with Crippen LogP contribution in [0.25, 0.3) is 0 Å². The maximum atomic E-state index is 12.2. The van der Waals surface area contributed by atoms with E-state index in [1.165, 1.54) is 23.2 Å². The van der Waals surface area contributed by atoms with Gasteiger partial charge in [-0.05, 0) is 47.5 Å². The molecule has 0 radical (unpaired) electrons. The molecule has 2 aromatic carbocycles. The molecule has 10 heteroatoms. The molecule has 0 bridgehead atoms. The van der Waals surface area contributed by atoms with E-state index >= 15 is 0 Å². The zero-order valence-electron chi connectivity index (χ0n) is 17.3. The van der Waals surface area contributed by atoms with Gasteiger partial charge in [-0.2, -0.15) is 10.2 Å². The monoisotopic (exact) mass is 445 g/mol. The fourth-order valence-corrected chi connectivity index (χ4v) is 2.89. The zero-order chi connectivity index (χ0) is 23.0. The second-order valence-electron chi connectivity index (χ2n) is 6.96. The van der Waals surface area contributed by atoms with E-state index in [0.29, 0.717) is 12.4 Å². The highest BCUT2D eigenvalue weighted by Gasteiger charge is 2.13. The van der Waals surface area contributed by atoms with Gasteiger partial charge in [0.2, 0.25) is 0 Å². The zero-order valence-corrected chi connectivity index (χ0v) is 17.3. The molecule has 166 valence electrons. The quantitative estimate of drug-likeness (QED) is 0.237. The van der Waals surface area contributed by atoms with E-state index in [9.17, 15) is 14.9 Å². The van der Waals surface area contributed by atoms with Crippen LogP contribution in [0.15, 0.2) is 88.6 Å². The molecule has 0 atom stereocenters. The number of aromatic nitrogens is 2. The average molecular weight is 445 g/mol. The van der Waals surface area contributed by atoms with Gasteiger partial charge in [-0.1, -0.05) is 30.3 Å². The molecule has 0 saturated carbocycles. The van der Waals surface area contributed by atoms with Gasteiger partial charge < -0.3 is 9.15 Å². The Labute approximate surface area is 188 Å². The Morgan fingerprint density at radius 1 is 1.15 bits per heavy atom. The van der Waals surface area contributed by atoms with Crippen LogP contribution < -0.4 is 10.2 Å². The van der Waals surface area contributed by atoms with Crippen molar-refractivity contribution >= 4 is 17.8 Å². The van der Waals surface area contributed by atoms with Crippen LogP contribution in [0, 0.1) is 10.1 Å². The van der Waals surface area contributed by atoms with Gasteiger partial charge in [0.25, 0.3) is 0 Å². The van der Waals surface area contributed by atoms with E-state index in [4.69, 9.17) is 9.15 Å². The van der Waals surface area contributed by atoms with Gasteiger partial charge in [-0.3, -0.25) is 19.6 Å². The van der Waals surface area contributed by atoms with Gasteiger partial charge in [-0.25, -0.2) is 5.43 Å². The molecule has 33 heavy (non-hydrogen) atoms. The summed E-state index contributed by atoms with van der Waals surface area (Å²) in [6, 6.07) is 20.3. The Balaban J connectivity index is 1.26. The standard InChI is InChI=1S/C23H19N5O5/c29-23(22-11-10-21(33-22)15-27-14-19(13-25-27)28(30)31)26-24-12-17-6-8-20(9-7-17)32-16-18-4-2-1-3-5-18/h1-14H,15-16H2,(H,26,29)/b24-12+. The number of furan rings is 1. The van der Waals surface area contributed by atoms with Crippen molar-refractivity contribution in [1.29, 1.82) is 0 Å². The van der Waals surface area contributed by atoms with Crippen LogP contribution >= 0.6 is 0 Å². The molecule has 0 aliphatic rings. The molecule has 0 fully saturated rings. The lowest BCUT2D eigenvalue weighted by molar-refractivity contribution is -0.385. The number of rotatable bonds is 9. The molecule has 10 nitrogen and oxygen atoms in total. The van der Waals surface area contributed by atoms with Crippen LogP contribution in [0.3, 0.4) is 0 Å². The summed E-state index contributed by atoms with van der Waals surface area (Å²) < 4.78 is 12.6. The Bertz CT molecular complexity index is 1260. The Morgan fingerprint density at radius 2 is 1.94 bits per heavy atom. The van der Waals surface area contributed by atoms with E-state index in [2.05, 4.69) is 15.6 Å². The van der Waals surface area contributed by atoms with Gasteiger partial charge in [-0.15, -0.1) is 0 Å². The van der Waals surface area contributed by atoms with Crippen LogP contribution in [0.1, 0.15) is 27.4 Å². The molecule has 2 heterocycles. The van der Waals surface area contributed by atoms with Crippen molar-refractivity contribution in [3.05, 3.63) is 112 Å². The number of carbonyl (C=O) groups excluding carboxylic acids is 1. The van der Waals surface area contributed by atoms with Gasteiger partial charge in [0.05, 0.1) is 17.7 Å². The van der Waals surface area contributed by atoms with Gasteiger partial charge in [0, 0.05) is 0 Å². The number of hydrazone groups is 1. The summed E-state index contributed by atoms with van der Waals surface area (Å²) in [4.78, 5) is 22.4. The summed E-state index contributed by atoms with van der Waals surface area (Å²) in [7, 11) is 0. The van der Waals surface area contributed by atoms with Gasteiger partial charge in [0.1, 0.15) is 30.5 Å². The van der Waals surface area contributed by atoms with Crippen LogP contribution in [0.5, 0.6) is 5.75 Å². The first-order valence-electron chi connectivity index (χ1n) is 9.92. The van der Waals surface area contributed by atoms with Crippen molar-refractivity contribution in [3.63, 3.8) is 0 Å². The molecule has 0 spiro atoms. The van der Waals surface area contributed by atoms with Crippen molar-refractivity contribution in [3.8, 4) is 5.75 Å². The van der Waals surface area contributed by atoms with Crippen LogP contribution in [-0.2, 0) is 13.2 Å². The van der Waals surface area contributed by atoms with Crippen LogP contribution in [0.2, 0.25) is 0 Å². The normalized spacial score (nSPS) is 10.9.